The predicted molar refractivity (Wildman–Crippen MR) is 100 cm³/mol. The minimum absolute atomic E-state index is 0.367. The average molecular weight is 395 g/mol. The summed E-state index contributed by atoms with van der Waals surface area (Å²) in [7, 11) is 1.81. The third-order valence-electron chi connectivity index (χ3n) is 4.44. The highest BCUT2D eigenvalue weighted by Crippen LogP contribution is 2.29. The van der Waals surface area contributed by atoms with Crippen molar-refractivity contribution in [2.45, 2.75) is 49.8 Å². The van der Waals surface area contributed by atoms with Gasteiger partial charge in [-0.3, -0.25) is 4.68 Å². The van der Waals surface area contributed by atoms with Crippen LogP contribution in [0.5, 0.6) is 5.75 Å². The summed E-state index contributed by atoms with van der Waals surface area (Å²) >= 11 is 1.43. The molecule has 148 valence electrons. The molecule has 0 saturated carbocycles. The van der Waals surface area contributed by atoms with Gasteiger partial charge in [-0.25, -0.2) is 0 Å². The molecule has 1 saturated heterocycles. The van der Waals surface area contributed by atoms with Crippen LogP contribution in [0.25, 0.3) is 0 Å². The van der Waals surface area contributed by atoms with Crippen LogP contribution in [0.2, 0.25) is 0 Å². The molecule has 1 aliphatic heterocycles. The SMILES string of the molecule is CC1O[C@@H](SCCc2ccc(OCc3cn(C)nn3)cc2)C(O)C(O)[C@@H]1O. The summed E-state index contributed by atoms with van der Waals surface area (Å²) in [5, 5.41) is 37.4. The smallest absolute Gasteiger partial charge is 0.134 e. The molecule has 3 unspecified atom stereocenters. The highest BCUT2D eigenvalue weighted by molar-refractivity contribution is 7.99. The summed E-state index contributed by atoms with van der Waals surface area (Å²) in [6.07, 6.45) is -1.26. The van der Waals surface area contributed by atoms with Gasteiger partial charge < -0.3 is 24.8 Å². The second kappa shape index (κ2) is 9.03. The van der Waals surface area contributed by atoms with E-state index in [1.165, 1.54) is 11.8 Å². The maximum atomic E-state index is 10.0. The van der Waals surface area contributed by atoms with E-state index in [2.05, 4.69) is 10.3 Å². The lowest BCUT2D eigenvalue weighted by molar-refractivity contribution is -0.192. The fourth-order valence-corrected chi connectivity index (χ4v) is 4.01. The third-order valence-corrected chi connectivity index (χ3v) is 5.60. The van der Waals surface area contributed by atoms with E-state index in [-0.39, 0.29) is 0 Å². The van der Waals surface area contributed by atoms with E-state index in [0.717, 1.165) is 29.2 Å². The maximum Gasteiger partial charge on any atom is 0.134 e. The van der Waals surface area contributed by atoms with Crippen LogP contribution < -0.4 is 4.74 Å². The summed E-state index contributed by atoms with van der Waals surface area (Å²) in [5.74, 6) is 1.48. The van der Waals surface area contributed by atoms with Gasteiger partial charge >= 0.3 is 0 Å². The minimum Gasteiger partial charge on any atom is -0.487 e. The fourth-order valence-electron chi connectivity index (χ4n) is 2.82. The first-order valence-electron chi connectivity index (χ1n) is 8.82. The van der Waals surface area contributed by atoms with Crippen molar-refractivity contribution in [3.8, 4) is 5.75 Å². The number of rotatable bonds is 7. The van der Waals surface area contributed by atoms with Crippen LogP contribution in [0.3, 0.4) is 0 Å². The van der Waals surface area contributed by atoms with Crippen LogP contribution in [-0.2, 0) is 24.8 Å². The number of aryl methyl sites for hydroxylation is 2. The molecular formula is C18H25N3O5S. The van der Waals surface area contributed by atoms with Gasteiger partial charge in [0, 0.05) is 7.05 Å². The van der Waals surface area contributed by atoms with Gasteiger partial charge in [-0.2, -0.15) is 0 Å². The van der Waals surface area contributed by atoms with E-state index < -0.39 is 29.9 Å². The Labute approximate surface area is 162 Å². The van der Waals surface area contributed by atoms with Crippen LogP contribution in [0, 0.1) is 0 Å². The number of aliphatic hydroxyl groups is 3. The molecule has 8 nitrogen and oxygen atoms in total. The van der Waals surface area contributed by atoms with Gasteiger partial charge in [0.05, 0.1) is 12.3 Å². The summed E-state index contributed by atoms with van der Waals surface area (Å²) in [6.45, 7) is 2.05. The van der Waals surface area contributed by atoms with E-state index in [0.29, 0.717) is 6.61 Å². The fraction of sp³-hybridized carbons (Fsp3) is 0.556. The molecule has 1 fully saturated rings. The van der Waals surface area contributed by atoms with Gasteiger partial charge in [0.2, 0.25) is 0 Å². The molecule has 3 rings (SSSR count). The molecule has 5 atom stereocenters. The van der Waals surface area contributed by atoms with Crippen molar-refractivity contribution in [3.05, 3.63) is 41.7 Å². The first-order chi connectivity index (χ1) is 12.9. The van der Waals surface area contributed by atoms with Crippen molar-refractivity contribution in [2.24, 2.45) is 7.05 Å². The van der Waals surface area contributed by atoms with Crippen LogP contribution in [-0.4, -0.2) is 65.9 Å². The molecule has 0 spiro atoms. The molecule has 9 heteroatoms. The number of nitrogens with zero attached hydrogens (tertiary/aromatic N) is 3. The average Bonchev–Trinajstić information content (AvgIpc) is 3.08. The molecule has 27 heavy (non-hydrogen) atoms. The monoisotopic (exact) mass is 395 g/mol. The van der Waals surface area contributed by atoms with E-state index in [1.54, 1.807) is 11.6 Å². The van der Waals surface area contributed by atoms with Gasteiger partial charge in [-0.05, 0) is 36.8 Å². The van der Waals surface area contributed by atoms with Crippen molar-refractivity contribution in [1.29, 1.82) is 0 Å². The molecule has 1 aromatic heterocycles. The molecule has 0 radical (unpaired) electrons. The third kappa shape index (κ3) is 5.20. The zero-order valence-electron chi connectivity index (χ0n) is 15.3. The number of aliphatic hydroxyl groups excluding tert-OH is 3. The standard InChI is InChI=1S/C18H25N3O5S/c1-11-15(22)16(23)17(24)18(26-11)27-8-7-12-3-5-14(6-4-12)25-10-13-9-21(2)20-19-13/h3-6,9,11,15-18,22-24H,7-8,10H2,1-2H3/t11?,15-,16?,17?,18+/m1/s1. The summed E-state index contributed by atoms with van der Waals surface area (Å²) in [6, 6.07) is 7.80. The van der Waals surface area contributed by atoms with Gasteiger partial charge in [0.15, 0.2) is 0 Å². The quantitative estimate of drug-likeness (QED) is 0.622. The molecule has 3 N–H and O–H groups in total. The van der Waals surface area contributed by atoms with E-state index in [9.17, 15) is 15.3 Å². The van der Waals surface area contributed by atoms with Crippen molar-refractivity contribution >= 4 is 11.8 Å². The van der Waals surface area contributed by atoms with E-state index in [4.69, 9.17) is 9.47 Å². The number of hydrogen-bond donors (Lipinski definition) is 3. The second-order valence-corrected chi connectivity index (χ2v) is 7.82. The highest BCUT2D eigenvalue weighted by atomic mass is 32.2. The molecule has 0 bridgehead atoms. The molecule has 2 heterocycles. The molecule has 2 aromatic rings. The maximum absolute atomic E-state index is 10.0. The summed E-state index contributed by atoms with van der Waals surface area (Å²) in [4.78, 5) is 0. The highest BCUT2D eigenvalue weighted by Gasteiger charge is 2.41. The van der Waals surface area contributed by atoms with Crippen LogP contribution in [0.1, 0.15) is 18.2 Å². The lowest BCUT2D eigenvalue weighted by Crippen LogP contribution is -2.55. The Morgan fingerprint density at radius 2 is 1.89 bits per heavy atom. The Morgan fingerprint density at radius 3 is 2.56 bits per heavy atom. The van der Waals surface area contributed by atoms with Crippen molar-refractivity contribution in [1.82, 2.24) is 15.0 Å². The number of thioether (sulfide) groups is 1. The number of ether oxygens (including phenoxy) is 2. The zero-order chi connectivity index (χ0) is 19.4. The van der Waals surface area contributed by atoms with Gasteiger partial charge in [-0.1, -0.05) is 17.3 Å². The van der Waals surface area contributed by atoms with Gasteiger partial charge in [0.1, 0.15) is 41.8 Å². The van der Waals surface area contributed by atoms with E-state index >= 15 is 0 Å². The molecular weight excluding hydrogens is 370 g/mol. The Bertz CT molecular complexity index is 726. The van der Waals surface area contributed by atoms with Crippen molar-refractivity contribution in [2.75, 3.05) is 5.75 Å². The Kier molecular flexibility index (Phi) is 6.72. The Balaban J connectivity index is 1.43. The number of aromatic nitrogens is 3. The van der Waals surface area contributed by atoms with Crippen LogP contribution in [0.4, 0.5) is 0 Å². The normalized spacial score (nSPS) is 28.3. The summed E-state index contributed by atoms with van der Waals surface area (Å²) < 4.78 is 12.9. The van der Waals surface area contributed by atoms with Gasteiger partial charge in [-0.15, -0.1) is 16.9 Å². The molecule has 0 amide bonds. The molecule has 1 aliphatic rings. The van der Waals surface area contributed by atoms with Crippen molar-refractivity contribution in [3.63, 3.8) is 0 Å². The molecule has 1 aromatic carbocycles. The number of benzene rings is 1. The summed E-state index contributed by atoms with van der Waals surface area (Å²) in [5.41, 5.74) is 1.35. The lowest BCUT2D eigenvalue weighted by atomic mass is 10.0. The zero-order valence-corrected chi connectivity index (χ0v) is 16.1. The topological polar surface area (TPSA) is 110 Å². The largest absolute Gasteiger partial charge is 0.487 e. The van der Waals surface area contributed by atoms with Gasteiger partial charge in [0.25, 0.3) is 0 Å². The van der Waals surface area contributed by atoms with Crippen LogP contribution >= 0.6 is 11.8 Å². The van der Waals surface area contributed by atoms with E-state index in [1.807, 2.05) is 37.5 Å². The Hall–Kier alpha value is -1.65. The first-order valence-corrected chi connectivity index (χ1v) is 9.87. The lowest BCUT2D eigenvalue weighted by Gasteiger charge is -2.39. The minimum atomic E-state index is -1.18. The number of hydrogen-bond acceptors (Lipinski definition) is 8. The second-order valence-electron chi connectivity index (χ2n) is 6.62. The molecule has 0 aliphatic carbocycles. The first kappa shape index (κ1) is 20.1. The Morgan fingerprint density at radius 1 is 1.15 bits per heavy atom. The van der Waals surface area contributed by atoms with Crippen molar-refractivity contribution < 1.29 is 24.8 Å². The van der Waals surface area contributed by atoms with Crippen LogP contribution in [0.15, 0.2) is 30.5 Å². The predicted octanol–water partition coefficient (Wildman–Crippen LogP) is 0.497.